The summed E-state index contributed by atoms with van der Waals surface area (Å²) in [7, 11) is 3.76. The van der Waals surface area contributed by atoms with Gasteiger partial charge in [0.25, 0.3) is 0 Å². The topological polar surface area (TPSA) is 91.8 Å². The number of nitrogens with zero attached hydrogens (tertiary/aromatic N) is 4. The van der Waals surface area contributed by atoms with Crippen LogP contribution in [0.15, 0.2) is 36.7 Å². The lowest BCUT2D eigenvalue weighted by molar-refractivity contribution is 0.145. The van der Waals surface area contributed by atoms with Crippen LogP contribution in [0.4, 0.5) is 16.3 Å². The quantitative estimate of drug-likeness (QED) is 0.474. The third kappa shape index (κ3) is 6.17. The first-order valence-electron chi connectivity index (χ1n) is 11.9. The standard InChI is InChI=1S/C26H34N6O3/c1-18-7-5-8-19(2)24(18)29-26(33)30-25-20-15-22(34-4)23(16-21(20)27-17-28-25)35-14-6-9-32-12-10-31(3)11-13-32/h5,7-8,15-17H,6,9-14H2,1-4H3,(H2,27,28,29,30,33). The molecule has 0 aliphatic carbocycles. The number of carbonyl (C=O) groups is 1. The Labute approximate surface area is 206 Å². The second kappa shape index (κ2) is 11.3. The van der Waals surface area contributed by atoms with Gasteiger partial charge in [-0.3, -0.25) is 5.32 Å². The van der Waals surface area contributed by atoms with Crippen molar-refractivity contribution in [3.05, 3.63) is 47.8 Å². The van der Waals surface area contributed by atoms with E-state index in [0.717, 1.165) is 56.0 Å². The van der Waals surface area contributed by atoms with Gasteiger partial charge in [-0.1, -0.05) is 18.2 Å². The molecule has 1 saturated heterocycles. The molecule has 0 spiro atoms. The highest BCUT2D eigenvalue weighted by Gasteiger charge is 2.16. The Morgan fingerprint density at radius 2 is 1.77 bits per heavy atom. The number of piperazine rings is 1. The van der Waals surface area contributed by atoms with Gasteiger partial charge in [0.1, 0.15) is 12.1 Å². The van der Waals surface area contributed by atoms with Crippen LogP contribution in [-0.4, -0.2) is 79.3 Å². The number of likely N-dealkylation sites (N-methyl/N-ethyl adjacent to an activating group) is 1. The van der Waals surface area contributed by atoms with Crippen LogP contribution >= 0.6 is 0 Å². The van der Waals surface area contributed by atoms with Gasteiger partial charge in [0.15, 0.2) is 11.5 Å². The molecule has 1 aliphatic heterocycles. The average Bonchev–Trinajstić information content (AvgIpc) is 2.85. The van der Waals surface area contributed by atoms with Crippen LogP contribution in [0.1, 0.15) is 17.5 Å². The van der Waals surface area contributed by atoms with Crippen molar-refractivity contribution in [2.24, 2.45) is 0 Å². The minimum absolute atomic E-state index is 0.370. The maximum absolute atomic E-state index is 12.7. The Balaban J connectivity index is 1.42. The number of anilines is 2. The number of benzene rings is 2. The molecule has 9 nitrogen and oxygen atoms in total. The molecule has 4 rings (SSSR count). The largest absolute Gasteiger partial charge is 0.493 e. The molecule has 2 aromatic carbocycles. The van der Waals surface area contributed by atoms with Crippen LogP contribution in [0.5, 0.6) is 11.5 Å². The Kier molecular flexibility index (Phi) is 7.99. The van der Waals surface area contributed by atoms with Crippen LogP contribution in [-0.2, 0) is 0 Å². The molecule has 1 fully saturated rings. The van der Waals surface area contributed by atoms with E-state index in [0.29, 0.717) is 34.8 Å². The molecule has 186 valence electrons. The smallest absolute Gasteiger partial charge is 0.324 e. The molecule has 1 aliphatic rings. The number of carbonyl (C=O) groups excluding carboxylic acids is 1. The van der Waals surface area contributed by atoms with Gasteiger partial charge in [0.2, 0.25) is 0 Å². The Morgan fingerprint density at radius 3 is 2.49 bits per heavy atom. The number of aryl methyl sites for hydroxylation is 2. The predicted octanol–water partition coefficient (Wildman–Crippen LogP) is 3.92. The van der Waals surface area contributed by atoms with Gasteiger partial charge in [-0.25, -0.2) is 14.8 Å². The van der Waals surface area contributed by atoms with Crippen molar-refractivity contribution in [2.75, 3.05) is 64.1 Å². The van der Waals surface area contributed by atoms with E-state index < -0.39 is 0 Å². The molecule has 9 heteroatoms. The summed E-state index contributed by atoms with van der Waals surface area (Å²) in [5.41, 5.74) is 3.43. The van der Waals surface area contributed by atoms with Crippen LogP contribution in [0, 0.1) is 13.8 Å². The molecule has 3 aromatic rings. The lowest BCUT2D eigenvalue weighted by atomic mass is 10.1. The highest BCUT2D eigenvalue weighted by atomic mass is 16.5. The zero-order valence-electron chi connectivity index (χ0n) is 20.9. The molecule has 35 heavy (non-hydrogen) atoms. The molecule has 2 N–H and O–H groups in total. The van der Waals surface area contributed by atoms with Crippen molar-refractivity contribution < 1.29 is 14.3 Å². The first kappa shape index (κ1) is 24.7. The molecule has 0 unspecified atom stereocenters. The summed E-state index contributed by atoms with van der Waals surface area (Å²) >= 11 is 0. The highest BCUT2D eigenvalue weighted by Crippen LogP contribution is 2.34. The summed E-state index contributed by atoms with van der Waals surface area (Å²) in [6.07, 6.45) is 2.36. The van der Waals surface area contributed by atoms with Crippen molar-refractivity contribution in [3.8, 4) is 11.5 Å². The zero-order chi connectivity index (χ0) is 24.8. The van der Waals surface area contributed by atoms with E-state index in [4.69, 9.17) is 9.47 Å². The van der Waals surface area contributed by atoms with Gasteiger partial charge in [0.05, 0.1) is 19.2 Å². The summed E-state index contributed by atoms with van der Waals surface area (Å²) in [6.45, 7) is 9.92. The number of methoxy groups -OCH3 is 1. The predicted molar refractivity (Wildman–Crippen MR) is 139 cm³/mol. The van der Waals surface area contributed by atoms with Crippen molar-refractivity contribution in [3.63, 3.8) is 0 Å². The first-order chi connectivity index (χ1) is 16.9. The van der Waals surface area contributed by atoms with Gasteiger partial charge in [-0.2, -0.15) is 0 Å². The third-order valence-corrected chi connectivity index (χ3v) is 6.34. The molecule has 0 atom stereocenters. The number of nitrogens with one attached hydrogen (secondary N) is 2. The van der Waals surface area contributed by atoms with Gasteiger partial charge >= 0.3 is 6.03 Å². The maximum Gasteiger partial charge on any atom is 0.324 e. The number of para-hydroxylation sites is 1. The average molecular weight is 479 g/mol. The van der Waals surface area contributed by atoms with Crippen molar-refractivity contribution in [1.29, 1.82) is 0 Å². The number of fused-ring (bicyclic) bond motifs is 1. The normalized spacial score (nSPS) is 14.6. The van der Waals surface area contributed by atoms with E-state index in [9.17, 15) is 4.79 Å². The van der Waals surface area contributed by atoms with Crippen molar-refractivity contribution >= 4 is 28.4 Å². The number of hydrogen-bond acceptors (Lipinski definition) is 7. The van der Waals surface area contributed by atoms with Crippen LogP contribution in [0.25, 0.3) is 10.9 Å². The van der Waals surface area contributed by atoms with E-state index in [1.165, 1.54) is 6.33 Å². The molecule has 0 bridgehead atoms. The minimum Gasteiger partial charge on any atom is -0.493 e. The second-order valence-corrected chi connectivity index (χ2v) is 8.94. The van der Waals surface area contributed by atoms with Gasteiger partial charge in [-0.05, 0) is 44.5 Å². The lowest BCUT2D eigenvalue weighted by Gasteiger charge is -2.32. The SMILES string of the molecule is COc1cc2c(NC(=O)Nc3c(C)cccc3C)ncnc2cc1OCCCN1CCN(C)CC1. The van der Waals surface area contributed by atoms with Crippen LogP contribution < -0.4 is 20.1 Å². The number of urea groups is 1. The first-order valence-corrected chi connectivity index (χ1v) is 11.9. The van der Waals surface area contributed by atoms with Crippen molar-refractivity contribution in [2.45, 2.75) is 20.3 Å². The molecular formula is C26H34N6O3. The molecule has 1 aromatic heterocycles. The molecule has 0 radical (unpaired) electrons. The lowest BCUT2D eigenvalue weighted by Crippen LogP contribution is -2.44. The second-order valence-electron chi connectivity index (χ2n) is 8.94. The number of rotatable bonds is 8. The highest BCUT2D eigenvalue weighted by molar-refractivity contribution is 6.05. The van der Waals surface area contributed by atoms with Gasteiger partial charge < -0.3 is 24.6 Å². The summed E-state index contributed by atoms with van der Waals surface area (Å²) in [5, 5.41) is 6.44. The summed E-state index contributed by atoms with van der Waals surface area (Å²) in [5.74, 6) is 1.60. The van der Waals surface area contributed by atoms with E-state index in [1.807, 2.05) is 38.1 Å². The summed E-state index contributed by atoms with van der Waals surface area (Å²) in [6, 6.07) is 9.15. The molecule has 2 heterocycles. The molecule has 0 saturated carbocycles. The Bertz CT molecular complexity index is 1160. The Morgan fingerprint density at radius 1 is 1.03 bits per heavy atom. The van der Waals surface area contributed by atoms with Crippen LogP contribution in [0.3, 0.4) is 0 Å². The van der Waals surface area contributed by atoms with Gasteiger partial charge in [0, 0.05) is 49.9 Å². The van der Waals surface area contributed by atoms with E-state index in [1.54, 1.807) is 13.2 Å². The number of amides is 2. The minimum atomic E-state index is -0.370. The number of aromatic nitrogens is 2. The third-order valence-electron chi connectivity index (χ3n) is 6.34. The fourth-order valence-electron chi connectivity index (χ4n) is 4.24. The van der Waals surface area contributed by atoms with E-state index >= 15 is 0 Å². The monoisotopic (exact) mass is 478 g/mol. The van der Waals surface area contributed by atoms with Crippen molar-refractivity contribution in [1.82, 2.24) is 19.8 Å². The zero-order valence-corrected chi connectivity index (χ0v) is 20.9. The number of hydrogen-bond donors (Lipinski definition) is 2. The van der Waals surface area contributed by atoms with E-state index in [2.05, 4.69) is 37.4 Å². The van der Waals surface area contributed by atoms with E-state index in [-0.39, 0.29) is 6.03 Å². The van der Waals surface area contributed by atoms with Gasteiger partial charge in [-0.15, -0.1) is 0 Å². The van der Waals surface area contributed by atoms with Crippen LogP contribution in [0.2, 0.25) is 0 Å². The molecule has 2 amide bonds. The summed E-state index contributed by atoms with van der Waals surface area (Å²) in [4.78, 5) is 26.2. The fraction of sp³-hybridized carbons (Fsp3) is 0.423. The fourth-order valence-corrected chi connectivity index (χ4v) is 4.24. The number of ether oxygens (including phenoxy) is 2. The molecular weight excluding hydrogens is 444 g/mol. The summed E-state index contributed by atoms with van der Waals surface area (Å²) < 4.78 is 11.6. The Hall–Kier alpha value is -3.43. The maximum atomic E-state index is 12.7.